The highest BCUT2D eigenvalue weighted by molar-refractivity contribution is 5.79. The number of fused-ring (bicyclic) bond motifs is 1. The van der Waals surface area contributed by atoms with Crippen molar-refractivity contribution in [3.8, 4) is 0 Å². The Kier molecular flexibility index (Phi) is 4.81. The molecule has 4 heterocycles. The molecule has 3 atom stereocenters. The quantitative estimate of drug-likeness (QED) is 0.896. The molecule has 132 valence electrons. The number of ether oxygens (including phenoxy) is 1. The van der Waals surface area contributed by atoms with E-state index in [4.69, 9.17) is 9.15 Å². The number of nitrogens with zero attached hydrogens (tertiary/aromatic N) is 2. The molecule has 0 saturated carbocycles. The molecule has 0 bridgehead atoms. The van der Waals surface area contributed by atoms with Crippen molar-refractivity contribution in [3.63, 3.8) is 0 Å². The van der Waals surface area contributed by atoms with Crippen LogP contribution in [0.3, 0.4) is 0 Å². The summed E-state index contributed by atoms with van der Waals surface area (Å²) in [4.78, 5) is 19.3. The third kappa shape index (κ3) is 3.75. The zero-order chi connectivity index (χ0) is 17.1. The Hall–Kier alpha value is -2.18. The van der Waals surface area contributed by atoms with E-state index in [1.165, 1.54) is 5.56 Å². The maximum absolute atomic E-state index is 12.7. The van der Waals surface area contributed by atoms with Gasteiger partial charge in [-0.05, 0) is 30.0 Å². The molecule has 2 aliphatic heterocycles. The summed E-state index contributed by atoms with van der Waals surface area (Å²) in [5.74, 6) is 0.762. The van der Waals surface area contributed by atoms with Crippen LogP contribution in [0, 0.1) is 17.8 Å². The highest BCUT2D eigenvalue weighted by Crippen LogP contribution is 2.35. The summed E-state index contributed by atoms with van der Waals surface area (Å²) >= 11 is 0. The van der Waals surface area contributed by atoms with E-state index in [2.05, 4.69) is 15.2 Å². The average molecular weight is 341 g/mol. The van der Waals surface area contributed by atoms with Crippen LogP contribution >= 0.6 is 0 Å². The summed E-state index contributed by atoms with van der Waals surface area (Å²) in [6, 6.07) is 7.72. The molecule has 0 unspecified atom stereocenters. The van der Waals surface area contributed by atoms with Crippen LogP contribution < -0.4 is 5.32 Å². The fraction of sp³-hybridized carbons (Fsp3) is 0.474. The molecule has 2 fully saturated rings. The molecule has 6 heteroatoms. The third-order valence-corrected chi connectivity index (χ3v) is 5.21. The van der Waals surface area contributed by atoms with Gasteiger partial charge < -0.3 is 14.5 Å². The Morgan fingerprint density at radius 2 is 2.24 bits per heavy atom. The van der Waals surface area contributed by atoms with E-state index < -0.39 is 0 Å². The highest BCUT2D eigenvalue weighted by Gasteiger charge is 2.43. The fourth-order valence-corrected chi connectivity index (χ4v) is 3.94. The lowest BCUT2D eigenvalue weighted by Gasteiger charge is -2.32. The summed E-state index contributed by atoms with van der Waals surface area (Å²) in [7, 11) is 0. The van der Waals surface area contributed by atoms with Gasteiger partial charge in [0.15, 0.2) is 0 Å². The maximum Gasteiger partial charge on any atom is 0.226 e. The topological polar surface area (TPSA) is 67.6 Å². The molecular weight excluding hydrogens is 318 g/mol. The zero-order valence-electron chi connectivity index (χ0n) is 14.1. The molecule has 2 aromatic rings. The van der Waals surface area contributed by atoms with Crippen molar-refractivity contribution in [3.05, 3.63) is 54.2 Å². The second-order valence-corrected chi connectivity index (χ2v) is 6.93. The van der Waals surface area contributed by atoms with E-state index in [0.29, 0.717) is 25.0 Å². The normalized spacial score (nSPS) is 26.3. The van der Waals surface area contributed by atoms with E-state index >= 15 is 0 Å². The predicted molar refractivity (Wildman–Crippen MR) is 91.4 cm³/mol. The number of hydrogen-bond acceptors (Lipinski definition) is 5. The monoisotopic (exact) mass is 341 g/mol. The van der Waals surface area contributed by atoms with Crippen molar-refractivity contribution >= 4 is 5.91 Å². The van der Waals surface area contributed by atoms with Crippen molar-refractivity contribution in [2.45, 2.75) is 13.1 Å². The lowest BCUT2D eigenvalue weighted by atomic mass is 9.82. The summed E-state index contributed by atoms with van der Waals surface area (Å²) in [5.41, 5.74) is 2.05. The SMILES string of the molecule is O=C(NCc1ccccn1)[C@H]1COC[C@H]2CN(Cc3ccoc3)C[C@H]21. The van der Waals surface area contributed by atoms with Gasteiger partial charge in [0.25, 0.3) is 0 Å². The lowest BCUT2D eigenvalue weighted by molar-refractivity contribution is -0.133. The molecule has 2 aliphatic rings. The number of carbonyl (C=O) groups is 1. The lowest BCUT2D eigenvalue weighted by Crippen LogP contribution is -2.44. The zero-order valence-corrected chi connectivity index (χ0v) is 14.1. The van der Waals surface area contributed by atoms with Crippen molar-refractivity contribution < 1.29 is 13.9 Å². The number of likely N-dealkylation sites (tertiary alicyclic amines) is 1. The Labute approximate surface area is 147 Å². The Morgan fingerprint density at radius 1 is 1.28 bits per heavy atom. The van der Waals surface area contributed by atoms with Crippen LogP contribution in [-0.2, 0) is 22.6 Å². The highest BCUT2D eigenvalue weighted by atomic mass is 16.5. The van der Waals surface area contributed by atoms with Gasteiger partial charge in [-0.1, -0.05) is 6.07 Å². The molecule has 2 saturated heterocycles. The number of amides is 1. The summed E-state index contributed by atoms with van der Waals surface area (Å²) < 4.78 is 10.9. The van der Waals surface area contributed by atoms with Gasteiger partial charge in [-0.15, -0.1) is 0 Å². The van der Waals surface area contributed by atoms with Crippen LogP contribution in [0.15, 0.2) is 47.4 Å². The Balaban J connectivity index is 1.36. The van der Waals surface area contributed by atoms with Gasteiger partial charge in [-0.3, -0.25) is 14.7 Å². The van der Waals surface area contributed by atoms with Gasteiger partial charge in [0.2, 0.25) is 5.91 Å². The minimum absolute atomic E-state index is 0.0746. The van der Waals surface area contributed by atoms with E-state index in [9.17, 15) is 4.79 Å². The van der Waals surface area contributed by atoms with E-state index in [0.717, 1.165) is 31.9 Å². The first-order chi connectivity index (χ1) is 12.3. The van der Waals surface area contributed by atoms with Gasteiger partial charge in [0, 0.05) is 31.4 Å². The first-order valence-corrected chi connectivity index (χ1v) is 8.78. The molecule has 1 N–H and O–H groups in total. The van der Waals surface area contributed by atoms with Crippen LogP contribution in [0.25, 0.3) is 0 Å². The number of aromatic nitrogens is 1. The minimum atomic E-state index is -0.0863. The van der Waals surface area contributed by atoms with E-state index in [1.54, 1.807) is 18.7 Å². The molecular formula is C19H23N3O3. The second-order valence-electron chi connectivity index (χ2n) is 6.93. The van der Waals surface area contributed by atoms with Gasteiger partial charge in [-0.25, -0.2) is 0 Å². The van der Waals surface area contributed by atoms with Crippen molar-refractivity contribution in [1.82, 2.24) is 15.2 Å². The van der Waals surface area contributed by atoms with Crippen molar-refractivity contribution in [2.75, 3.05) is 26.3 Å². The molecule has 0 radical (unpaired) electrons. The number of rotatable bonds is 5. The smallest absolute Gasteiger partial charge is 0.226 e. The largest absolute Gasteiger partial charge is 0.472 e. The standard InChI is InChI=1S/C19H23N3O3/c23-19(21-7-16-3-1-2-5-20-16)18-13-25-12-15-9-22(10-17(15)18)8-14-4-6-24-11-14/h1-6,11,15,17-18H,7-10,12-13H2,(H,21,23)/t15-,17-,18+/m1/s1. The Bertz CT molecular complexity index is 689. The predicted octanol–water partition coefficient (Wildman–Crippen LogP) is 1.69. The van der Waals surface area contributed by atoms with Crippen LogP contribution in [0.4, 0.5) is 0 Å². The van der Waals surface area contributed by atoms with E-state index in [1.807, 2.05) is 24.3 Å². The molecule has 25 heavy (non-hydrogen) atoms. The summed E-state index contributed by atoms with van der Waals surface area (Å²) in [5, 5.41) is 3.03. The first-order valence-electron chi connectivity index (χ1n) is 8.78. The van der Waals surface area contributed by atoms with Gasteiger partial charge in [-0.2, -0.15) is 0 Å². The van der Waals surface area contributed by atoms with Crippen molar-refractivity contribution in [1.29, 1.82) is 0 Å². The number of furan rings is 1. The summed E-state index contributed by atoms with van der Waals surface area (Å²) in [6.07, 6.45) is 5.23. The molecule has 2 aromatic heterocycles. The number of nitrogens with one attached hydrogen (secondary N) is 1. The van der Waals surface area contributed by atoms with Crippen LogP contribution in [-0.4, -0.2) is 42.1 Å². The van der Waals surface area contributed by atoms with Crippen LogP contribution in [0.2, 0.25) is 0 Å². The van der Waals surface area contributed by atoms with Crippen LogP contribution in [0.1, 0.15) is 11.3 Å². The second kappa shape index (κ2) is 7.37. The fourth-order valence-electron chi connectivity index (χ4n) is 3.94. The number of pyridine rings is 1. The van der Waals surface area contributed by atoms with Gasteiger partial charge in [0.05, 0.1) is 43.9 Å². The number of hydrogen-bond donors (Lipinski definition) is 1. The third-order valence-electron chi connectivity index (χ3n) is 5.21. The minimum Gasteiger partial charge on any atom is -0.472 e. The molecule has 0 aromatic carbocycles. The van der Waals surface area contributed by atoms with Crippen LogP contribution in [0.5, 0.6) is 0 Å². The first kappa shape index (κ1) is 16.3. The molecule has 0 spiro atoms. The molecule has 0 aliphatic carbocycles. The van der Waals surface area contributed by atoms with Crippen molar-refractivity contribution in [2.24, 2.45) is 17.8 Å². The van der Waals surface area contributed by atoms with Gasteiger partial charge >= 0.3 is 0 Å². The summed E-state index contributed by atoms with van der Waals surface area (Å²) in [6.45, 7) is 4.49. The average Bonchev–Trinajstić information content (AvgIpc) is 3.29. The molecule has 4 rings (SSSR count). The molecule has 1 amide bonds. The van der Waals surface area contributed by atoms with Gasteiger partial charge in [0.1, 0.15) is 0 Å². The Morgan fingerprint density at radius 3 is 3.04 bits per heavy atom. The molecule has 6 nitrogen and oxygen atoms in total. The maximum atomic E-state index is 12.7. The van der Waals surface area contributed by atoms with E-state index in [-0.39, 0.29) is 11.8 Å². The number of carbonyl (C=O) groups excluding carboxylic acids is 1.